The molecule has 7 nitrogen and oxygen atoms in total. The molecule has 3 amide bonds. The minimum atomic E-state index is -1.03. The molecule has 1 aliphatic carbocycles. The molecule has 3 rings (SSSR count). The van der Waals surface area contributed by atoms with Crippen molar-refractivity contribution in [3.05, 3.63) is 48.0 Å². The predicted molar refractivity (Wildman–Crippen MR) is 107 cm³/mol. The Bertz CT molecular complexity index is 784. The molecule has 1 fully saturated rings. The van der Waals surface area contributed by atoms with Crippen molar-refractivity contribution in [3.8, 4) is 0 Å². The monoisotopic (exact) mass is 400 g/mol. The lowest BCUT2D eigenvalue weighted by molar-refractivity contribution is -0.159. The number of amides is 3. The van der Waals surface area contributed by atoms with Gasteiger partial charge in [0.2, 0.25) is 0 Å². The van der Waals surface area contributed by atoms with Gasteiger partial charge in [-0.15, -0.1) is 0 Å². The van der Waals surface area contributed by atoms with Gasteiger partial charge in [-0.25, -0.2) is 19.3 Å². The van der Waals surface area contributed by atoms with Gasteiger partial charge in [-0.2, -0.15) is 0 Å². The molecule has 0 spiro atoms. The summed E-state index contributed by atoms with van der Waals surface area (Å²) in [7, 11) is 0. The molecule has 1 aliphatic heterocycles. The van der Waals surface area contributed by atoms with Crippen LogP contribution in [0.15, 0.2) is 42.5 Å². The first-order valence-corrected chi connectivity index (χ1v) is 9.96. The first kappa shape index (κ1) is 20.9. The van der Waals surface area contributed by atoms with Crippen LogP contribution in [0.4, 0.5) is 9.59 Å². The number of imide groups is 1. The third-order valence-corrected chi connectivity index (χ3v) is 4.84. The van der Waals surface area contributed by atoms with Gasteiger partial charge in [0.25, 0.3) is 0 Å². The molecular weight excluding hydrogens is 372 g/mol. The lowest BCUT2D eigenvalue weighted by atomic mass is 10.0. The van der Waals surface area contributed by atoms with E-state index >= 15 is 0 Å². The van der Waals surface area contributed by atoms with E-state index in [0.717, 1.165) is 29.7 Å². The fraction of sp³-hybridized carbons (Fsp3) is 0.500. The second kappa shape index (κ2) is 8.68. The molecule has 1 aromatic rings. The van der Waals surface area contributed by atoms with Crippen LogP contribution in [0.25, 0.3) is 0 Å². The summed E-state index contributed by atoms with van der Waals surface area (Å²) in [5, 5.41) is 0. The molecule has 156 valence electrons. The number of carbonyl (C=O) groups is 3. The van der Waals surface area contributed by atoms with Gasteiger partial charge in [0.05, 0.1) is 12.6 Å². The Morgan fingerprint density at radius 1 is 1.17 bits per heavy atom. The van der Waals surface area contributed by atoms with Crippen molar-refractivity contribution in [3.63, 3.8) is 0 Å². The molecule has 1 unspecified atom stereocenters. The Hall–Kier alpha value is -2.83. The zero-order valence-corrected chi connectivity index (χ0v) is 17.2. The van der Waals surface area contributed by atoms with E-state index in [1.54, 1.807) is 25.7 Å². The van der Waals surface area contributed by atoms with Gasteiger partial charge in [-0.05, 0) is 45.6 Å². The zero-order chi connectivity index (χ0) is 21.0. The number of benzene rings is 1. The molecule has 1 heterocycles. The summed E-state index contributed by atoms with van der Waals surface area (Å²) in [5.41, 5.74) is 0.0751. The summed E-state index contributed by atoms with van der Waals surface area (Å²) in [6, 6.07) is 7.51. The summed E-state index contributed by atoms with van der Waals surface area (Å²) >= 11 is 0. The maximum atomic E-state index is 13.0. The smallest absolute Gasteiger partial charge is 0.419 e. The van der Waals surface area contributed by atoms with Crippen LogP contribution in [-0.2, 0) is 20.9 Å². The number of hydrogen-bond acceptors (Lipinski definition) is 5. The molecule has 0 aromatic heterocycles. The Labute approximate surface area is 171 Å². The molecular formula is C22H28N2O5. The quantitative estimate of drug-likeness (QED) is 0.566. The molecule has 7 heteroatoms. The minimum absolute atomic E-state index is 0.0216. The van der Waals surface area contributed by atoms with Crippen LogP contribution < -0.4 is 0 Å². The van der Waals surface area contributed by atoms with Gasteiger partial charge in [0.1, 0.15) is 12.2 Å². The first-order valence-electron chi connectivity index (χ1n) is 9.96. The highest BCUT2D eigenvalue weighted by atomic mass is 16.6. The normalized spacial score (nSPS) is 22.0. The lowest BCUT2D eigenvalue weighted by Crippen LogP contribution is -2.46. The van der Waals surface area contributed by atoms with E-state index in [1.807, 2.05) is 42.5 Å². The van der Waals surface area contributed by atoms with Crippen molar-refractivity contribution in [2.75, 3.05) is 6.54 Å². The van der Waals surface area contributed by atoms with Crippen LogP contribution in [0, 0.1) is 0 Å². The van der Waals surface area contributed by atoms with E-state index in [1.165, 1.54) is 0 Å². The molecule has 0 N–H and O–H groups in total. The number of hydrogen-bond donors (Lipinski definition) is 0. The highest BCUT2D eigenvalue weighted by Crippen LogP contribution is 2.27. The summed E-state index contributed by atoms with van der Waals surface area (Å²) < 4.78 is 10.8. The van der Waals surface area contributed by atoms with E-state index in [0.29, 0.717) is 0 Å². The average Bonchev–Trinajstić information content (AvgIpc) is 3.04. The van der Waals surface area contributed by atoms with E-state index in [9.17, 15) is 14.4 Å². The van der Waals surface area contributed by atoms with Gasteiger partial charge in [0, 0.05) is 0 Å². The average molecular weight is 400 g/mol. The molecule has 1 aromatic carbocycles. The standard InChI is InChI=1S/C22H28N2O5/c1-22(2,3)29-19(25)18-14-23(17-12-8-5-9-13-17)20(26)24(18)21(27)28-15-16-10-6-4-7-11-16/h4,6-8,10-12,17-18H,5,9,13-15H2,1-3H3/t17?,18-/m0/s1. The van der Waals surface area contributed by atoms with E-state index in [-0.39, 0.29) is 19.2 Å². The van der Waals surface area contributed by atoms with Crippen LogP contribution in [0.2, 0.25) is 0 Å². The number of ether oxygens (including phenoxy) is 2. The van der Waals surface area contributed by atoms with Crippen molar-refractivity contribution >= 4 is 18.1 Å². The van der Waals surface area contributed by atoms with Gasteiger partial charge < -0.3 is 14.4 Å². The lowest BCUT2D eigenvalue weighted by Gasteiger charge is -2.26. The molecule has 1 saturated heterocycles. The molecule has 29 heavy (non-hydrogen) atoms. The second-order valence-electron chi connectivity index (χ2n) is 8.32. The number of esters is 1. The van der Waals surface area contributed by atoms with Gasteiger partial charge in [-0.1, -0.05) is 42.5 Å². The third kappa shape index (κ3) is 5.16. The van der Waals surface area contributed by atoms with E-state index in [4.69, 9.17) is 9.47 Å². The van der Waals surface area contributed by atoms with Gasteiger partial charge in [0.15, 0.2) is 6.04 Å². The zero-order valence-electron chi connectivity index (χ0n) is 17.2. The minimum Gasteiger partial charge on any atom is -0.458 e. The number of urea groups is 1. The number of nitrogens with zero attached hydrogens (tertiary/aromatic N) is 2. The van der Waals surface area contributed by atoms with Crippen LogP contribution in [0.5, 0.6) is 0 Å². The maximum Gasteiger partial charge on any atom is 0.419 e. The molecule has 2 aliphatic rings. The molecule has 0 bridgehead atoms. The van der Waals surface area contributed by atoms with Gasteiger partial charge in [-0.3, -0.25) is 0 Å². The summed E-state index contributed by atoms with van der Waals surface area (Å²) in [4.78, 5) is 41.0. The SMILES string of the molecule is CC(C)(C)OC(=O)[C@@H]1CN(C2C=CCCC2)C(=O)N1C(=O)OCc1ccccc1. The summed E-state index contributed by atoms with van der Waals surface area (Å²) in [6.45, 7) is 5.38. The topological polar surface area (TPSA) is 76.2 Å². The molecule has 0 radical (unpaired) electrons. The highest BCUT2D eigenvalue weighted by molar-refractivity contribution is 5.99. The molecule has 0 saturated carbocycles. The Morgan fingerprint density at radius 2 is 1.90 bits per heavy atom. The van der Waals surface area contributed by atoms with Crippen molar-refractivity contribution in [1.29, 1.82) is 0 Å². The Kier molecular flexibility index (Phi) is 6.25. The number of carbonyl (C=O) groups excluding carboxylic acids is 3. The fourth-order valence-electron chi connectivity index (χ4n) is 3.49. The van der Waals surface area contributed by atoms with Crippen LogP contribution in [0.3, 0.4) is 0 Å². The van der Waals surface area contributed by atoms with E-state index in [2.05, 4.69) is 0 Å². The van der Waals surface area contributed by atoms with Crippen LogP contribution in [-0.4, -0.2) is 52.1 Å². The molecule has 2 atom stereocenters. The predicted octanol–water partition coefficient (Wildman–Crippen LogP) is 3.88. The van der Waals surface area contributed by atoms with Crippen molar-refractivity contribution in [2.45, 2.75) is 64.3 Å². The van der Waals surface area contributed by atoms with Crippen LogP contribution >= 0.6 is 0 Å². The third-order valence-electron chi connectivity index (χ3n) is 4.84. The van der Waals surface area contributed by atoms with Crippen molar-refractivity contribution in [1.82, 2.24) is 9.80 Å². The number of allylic oxidation sites excluding steroid dienone is 1. The van der Waals surface area contributed by atoms with Gasteiger partial charge >= 0.3 is 18.1 Å². The maximum absolute atomic E-state index is 13.0. The largest absolute Gasteiger partial charge is 0.458 e. The Morgan fingerprint density at radius 3 is 2.52 bits per heavy atom. The van der Waals surface area contributed by atoms with Crippen molar-refractivity contribution < 1.29 is 23.9 Å². The van der Waals surface area contributed by atoms with Crippen molar-refractivity contribution in [2.24, 2.45) is 0 Å². The first-order chi connectivity index (χ1) is 13.8. The van der Waals surface area contributed by atoms with E-state index < -0.39 is 29.7 Å². The summed E-state index contributed by atoms with van der Waals surface area (Å²) in [5.74, 6) is -0.607. The second-order valence-corrected chi connectivity index (χ2v) is 8.32. The number of rotatable bonds is 4. The van der Waals surface area contributed by atoms with Crippen LogP contribution in [0.1, 0.15) is 45.6 Å². The fourth-order valence-corrected chi connectivity index (χ4v) is 3.49. The highest BCUT2D eigenvalue weighted by Gasteiger charge is 2.49. The summed E-state index contributed by atoms with van der Waals surface area (Å²) in [6.07, 6.45) is 5.89. The Balaban J connectivity index is 1.77.